The second-order valence-electron chi connectivity index (χ2n) is 8.60. The number of hydrogen-bond acceptors (Lipinski definition) is 8. The molecule has 0 saturated carbocycles. The van der Waals surface area contributed by atoms with Crippen LogP contribution in [0.5, 0.6) is 0 Å². The van der Waals surface area contributed by atoms with Crippen molar-refractivity contribution in [2.75, 3.05) is 0 Å². The number of halogens is 14. The molecule has 0 N–H and O–H groups in total. The van der Waals surface area contributed by atoms with Crippen molar-refractivity contribution < 1.29 is 60.0 Å². The van der Waals surface area contributed by atoms with E-state index < -0.39 is 80.2 Å². The van der Waals surface area contributed by atoms with Crippen LogP contribution in [0.25, 0.3) is 0 Å². The minimum Gasteiger partial charge on any atom is -0.207 e. The molecule has 0 saturated heterocycles. The molecule has 0 aromatic heterocycles. The molecule has 0 aliphatic rings. The van der Waals surface area contributed by atoms with Gasteiger partial charge in [0.1, 0.15) is 26.3 Å². The number of rotatable bonds is 4. The lowest BCUT2D eigenvalue weighted by molar-refractivity contribution is -0.137. The van der Waals surface area contributed by atoms with Gasteiger partial charge < -0.3 is 0 Å². The smallest absolute Gasteiger partial charge is 0.207 e. The number of benzene rings is 4. The molecular formula is C25H12Cl8F6O8S4. The first-order valence-corrected chi connectivity index (χ1v) is 22.6. The maximum atomic E-state index is 12.9. The van der Waals surface area contributed by atoms with Gasteiger partial charge in [-0.05, 0) is 66.7 Å². The molecule has 4 aromatic carbocycles. The molecule has 0 aliphatic heterocycles. The third-order valence-corrected chi connectivity index (χ3v) is 11.9. The van der Waals surface area contributed by atoms with Crippen LogP contribution in [0.15, 0.2) is 92.4 Å². The first-order valence-electron chi connectivity index (χ1n) is 11.9. The van der Waals surface area contributed by atoms with E-state index >= 15 is 0 Å². The van der Waals surface area contributed by atoms with Crippen molar-refractivity contribution in [1.29, 1.82) is 0 Å². The van der Waals surface area contributed by atoms with Crippen LogP contribution in [0.2, 0.25) is 20.1 Å². The molecule has 8 nitrogen and oxygen atoms in total. The molecule has 4 aromatic rings. The van der Waals surface area contributed by atoms with Crippen molar-refractivity contribution in [2.24, 2.45) is 0 Å². The van der Waals surface area contributed by atoms with Crippen molar-refractivity contribution in [1.82, 2.24) is 0 Å². The van der Waals surface area contributed by atoms with Crippen LogP contribution < -0.4 is 0 Å². The molecule has 0 heterocycles. The highest BCUT2D eigenvalue weighted by Gasteiger charge is 2.31. The average molecular weight is 966 g/mol. The van der Waals surface area contributed by atoms with Crippen molar-refractivity contribution in [3.63, 3.8) is 0 Å². The SMILES string of the molecule is O=S(=O)(Cl)c1ccc(C(F)(F)F)cc1Cl.O=S(=O)(Cl)c1ccc(F)c(Cl)c1.O=S(=O)(Cl)c1ccc(F)cc1Cl.O=S(=O)(Cl)c1cccc(Cl)c1F. The number of alkyl halides is 3. The van der Waals surface area contributed by atoms with Crippen molar-refractivity contribution in [3.05, 3.63) is 116 Å². The van der Waals surface area contributed by atoms with E-state index in [1.807, 2.05) is 0 Å². The molecule has 4 rings (SSSR count). The summed E-state index contributed by atoms with van der Waals surface area (Å²) in [5.74, 6) is -2.31. The summed E-state index contributed by atoms with van der Waals surface area (Å²) in [6.45, 7) is 0. The summed E-state index contributed by atoms with van der Waals surface area (Å²) in [7, 11) is 3.94. The molecule has 0 spiro atoms. The van der Waals surface area contributed by atoms with E-state index in [1.54, 1.807) is 0 Å². The van der Waals surface area contributed by atoms with Crippen LogP contribution >= 0.6 is 89.1 Å². The van der Waals surface area contributed by atoms with Crippen molar-refractivity contribution >= 4 is 125 Å². The van der Waals surface area contributed by atoms with Gasteiger partial charge in [-0.3, -0.25) is 0 Å². The average Bonchev–Trinajstić information content (AvgIpc) is 2.94. The van der Waals surface area contributed by atoms with E-state index in [2.05, 4.69) is 0 Å². The van der Waals surface area contributed by atoms with E-state index in [1.165, 1.54) is 12.1 Å². The second kappa shape index (κ2) is 18.8. The van der Waals surface area contributed by atoms with Gasteiger partial charge in [-0.2, -0.15) is 13.2 Å². The van der Waals surface area contributed by atoms with Crippen LogP contribution in [-0.2, 0) is 42.4 Å². The topological polar surface area (TPSA) is 137 Å². The molecule has 0 radical (unpaired) electrons. The first-order chi connectivity index (χ1) is 22.9. The van der Waals surface area contributed by atoms with Crippen LogP contribution in [0.4, 0.5) is 26.3 Å². The number of hydrogen-bond donors (Lipinski definition) is 0. The highest BCUT2D eigenvalue weighted by Crippen LogP contribution is 2.34. The molecule has 26 heteroatoms. The zero-order valence-electron chi connectivity index (χ0n) is 23.6. The van der Waals surface area contributed by atoms with Crippen molar-refractivity contribution in [3.8, 4) is 0 Å². The van der Waals surface area contributed by atoms with Crippen LogP contribution in [0.3, 0.4) is 0 Å². The molecule has 0 aliphatic carbocycles. The predicted molar refractivity (Wildman–Crippen MR) is 183 cm³/mol. The predicted octanol–water partition coefficient (Wildman–Crippen LogP) is 10.5. The summed E-state index contributed by atoms with van der Waals surface area (Å²) in [4.78, 5) is -1.64. The molecule has 282 valence electrons. The molecule has 0 bridgehead atoms. The third-order valence-electron chi connectivity index (χ3n) is 5.03. The van der Waals surface area contributed by atoms with Gasteiger partial charge in [-0.1, -0.05) is 52.5 Å². The van der Waals surface area contributed by atoms with E-state index in [9.17, 15) is 60.0 Å². The fourth-order valence-electron chi connectivity index (χ4n) is 2.85. The van der Waals surface area contributed by atoms with E-state index in [-0.39, 0.29) is 24.9 Å². The first kappa shape index (κ1) is 47.6. The van der Waals surface area contributed by atoms with E-state index in [4.69, 9.17) is 89.1 Å². The minimum atomic E-state index is -4.57. The summed E-state index contributed by atoms with van der Waals surface area (Å²) >= 11 is 21.4. The summed E-state index contributed by atoms with van der Waals surface area (Å²) in [6, 6.07) is 11.2. The zero-order chi connectivity index (χ0) is 39.9. The molecule has 51 heavy (non-hydrogen) atoms. The van der Waals surface area contributed by atoms with Gasteiger partial charge >= 0.3 is 6.18 Å². The minimum absolute atomic E-state index is 0.212. The third kappa shape index (κ3) is 15.8. The maximum Gasteiger partial charge on any atom is 0.416 e. The quantitative estimate of drug-likeness (QED) is 0.146. The van der Waals surface area contributed by atoms with E-state index in [0.29, 0.717) is 18.2 Å². The Balaban J connectivity index is 0.000000342. The molecule has 0 unspecified atom stereocenters. The standard InChI is InChI=1S/C7H3Cl2F3O2S.3C6H3Cl2FO2S/c8-5-3-4(7(10,11)12)1-2-6(5)15(9,13)14;7-5-3-4(12(8,10)11)1-2-6(5)9;7-5-3-4(9)1-2-6(5)12(8,10)11;7-4-2-1-3-5(6(4)9)12(8,10)11/h1-3H;3*1-3H. The Hall–Kier alpha value is -1.42. The maximum absolute atomic E-state index is 12.9. The Kier molecular flexibility index (Phi) is 17.5. The Morgan fingerprint density at radius 2 is 0.941 bits per heavy atom. The van der Waals surface area contributed by atoms with Crippen LogP contribution in [0, 0.1) is 17.5 Å². The molecule has 0 amide bonds. The Morgan fingerprint density at radius 3 is 1.31 bits per heavy atom. The highest BCUT2D eigenvalue weighted by molar-refractivity contribution is 8.14. The Morgan fingerprint density at radius 1 is 0.471 bits per heavy atom. The van der Waals surface area contributed by atoms with E-state index in [0.717, 1.165) is 42.5 Å². The second-order valence-corrected chi connectivity index (χ2v) is 20.4. The van der Waals surface area contributed by atoms with Crippen LogP contribution in [-0.4, -0.2) is 33.7 Å². The summed E-state index contributed by atoms with van der Waals surface area (Å²) in [5.41, 5.74) is -1.03. The lowest BCUT2D eigenvalue weighted by atomic mass is 10.2. The fourth-order valence-corrected chi connectivity index (χ4v) is 8.07. The van der Waals surface area contributed by atoms with Gasteiger partial charge in [-0.15, -0.1) is 0 Å². The van der Waals surface area contributed by atoms with Gasteiger partial charge in [0.2, 0.25) is 0 Å². The lowest BCUT2D eigenvalue weighted by Crippen LogP contribution is -2.05. The van der Waals surface area contributed by atoms with Crippen LogP contribution in [0.1, 0.15) is 5.56 Å². The Bertz CT molecular complexity index is 2350. The zero-order valence-corrected chi connectivity index (χ0v) is 32.9. The lowest BCUT2D eigenvalue weighted by Gasteiger charge is -2.07. The fraction of sp³-hybridized carbons (Fsp3) is 0.0400. The normalized spacial score (nSPS) is 12.0. The summed E-state index contributed by atoms with van der Waals surface area (Å²) in [5, 5.41) is -1.31. The van der Waals surface area contributed by atoms with Gasteiger partial charge in [0.25, 0.3) is 36.2 Å². The molecular weight excluding hydrogens is 954 g/mol. The summed E-state index contributed by atoms with van der Waals surface area (Å²) < 4.78 is 160. The molecule has 0 fully saturated rings. The largest absolute Gasteiger partial charge is 0.416 e. The molecule has 0 atom stereocenters. The van der Waals surface area contributed by atoms with Gasteiger partial charge in [0.15, 0.2) is 5.82 Å². The monoisotopic (exact) mass is 962 g/mol. The Labute approximate surface area is 324 Å². The van der Waals surface area contributed by atoms with Gasteiger partial charge in [-0.25, -0.2) is 46.8 Å². The summed E-state index contributed by atoms with van der Waals surface area (Å²) in [6.07, 6.45) is -4.57. The van der Waals surface area contributed by atoms with Crippen molar-refractivity contribution in [2.45, 2.75) is 25.8 Å². The highest BCUT2D eigenvalue weighted by atomic mass is 35.7. The van der Waals surface area contributed by atoms with Gasteiger partial charge in [0, 0.05) is 42.7 Å². The van der Waals surface area contributed by atoms with Gasteiger partial charge in [0.05, 0.1) is 30.5 Å².